The van der Waals surface area contributed by atoms with Crippen LogP contribution in [-0.2, 0) is 11.9 Å². The number of oxazole rings is 1. The van der Waals surface area contributed by atoms with Gasteiger partial charge in [0, 0.05) is 26.1 Å². The van der Waals surface area contributed by atoms with Gasteiger partial charge in [-0.3, -0.25) is 4.79 Å². The zero-order valence-electron chi connectivity index (χ0n) is 22.1. The molecule has 0 radical (unpaired) electrons. The Hall–Kier alpha value is -4.18. The van der Waals surface area contributed by atoms with E-state index in [0.717, 1.165) is 31.4 Å². The third-order valence-corrected chi connectivity index (χ3v) is 6.83. The highest BCUT2D eigenvalue weighted by molar-refractivity contribution is 6.01. The summed E-state index contributed by atoms with van der Waals surface area (Å²) in [6, 6.07) is 7.49. The van der Waals surface area contributed by atoms with Crippen LogP contribution in [0.2, 0.25) is 0 Å². The molecule has 10 nitrogen and oxygen atoms in total. The van der Waals surface area contributed by atoms with Crippen LogP contribution in [0.4, 0.5) is 5.69 Å². The van der Waals surface area contributed by atoms with Gasteiger partial charge in [0.15, 0.2) is 6.39 Å². The van der Waals surface area contributed by atoms with Crippen LogP contribution in [0.3, 0.4) is 0 Å². The molecule has 0 unspecified atom stereocenters. The summed E-state index contributed by atoms with van der Waals surface area (Å²) in [6.45, 7) is 7.70. The van der Waals surface area contributed by atoms with E-state index in [0.29, 0.717) is 28.2 Å². The summed E-state index contributed by atoms with van der Waals surface area (Å²) in [5.41, 5.74) is 2.44. The summed E-state index contributed by atoms with van der Waals surface area (Å²) in [5.74, 6) is 0.815. The van der Waals surface area contributed by atoms with Crippen molar-refractivity contribution in [1.82, 2.24) is 14.5 Å². The average Bonchev–Trinajstić information content (AvgIpc) is 3.30. The maximum atomic E-state index is 13.0. The van der Waals surface area contributed by atoms with Crippen molar-refractivity contribution in [2.75, 3.05) is 11.9 Å². The van der Waals surface area contributed by atoms with Gasteiger partial charge in [0.2, 0.25) is 0 Å². The van der Waals surface area contributed by atoms with Gasteiger partial charge in [0.25, 0.3) is 5.56 Å². The first kappa shape index (κ1) is 25.9. The molecule has 37 heavy (non-hydrogen) atoms. The Morgan fingerprint density at radius 2 is 1.92 bits per heavy atom. The van der Waals surface area contributed by atoms with Crippen molar-refractivity contribution < 1.29 is 9.25 Å². The Balaban J connectivity index is 1.66. The summed E-state index contributed by atoms with van der Waals surface area (Å²) in [4.78, 5) is 29.6. The molecule has 1 saturated carbocycles. The lowest BCUT2D eigenvalue weighted by molar-refractivity contribution is -0.0000853. The largest absolute Gasteiger partial charge is 0.448 e. The predicted molar refractivity (Wildman–Crippen MR) is 139 cm³/mol. The minimum atomic E-state index is -0.441. The second-order valence-electron chi connectivity index (χ2n) is 10.4. The van der Waals surface area contributed by atoms with E-state index in [1.807, 2.05) is 39.6 Å². The number of anilines is 1. The molecule has 1 aliphatic rings. The van der Waals surface area contributed by atoms with E-state index in [9.17, 15) is 15.3 Å². The smallest absolute Gasteiger partial charge is 0.270 e. The van der Waals surface area contributed by atoms with Crippen LogP contribution >= 0.6 is 0 Å². The number of aryl methyl sites for hydroxylation is 2. The zero-order chi connectivity index (χ0) is 26.9. The summed E-state index contributed by atoms with van der Waals surface area (Å²) in [6.07, 6.45) is 4.65. The van der Waals surface area contributed by atoms with Crippen LogP contribution in [0, 0.1) is 35.5 Å². The van der Waals surface area contributed by atoms with Gasteiger partial charge in [0.1, 0.15) is 51.7 Å². The van der Waals surface area contributed by atoms with Crippen LogP contribution in [0.25, 0.3) is 11.0 Å². The first-order valence-corrected chi connectivity index (χ1v) is 12.3. The van der Waals surface area contributed by atoms with Gasteiger partial charge in [-0.2, -0.15) is 10.5 Å². The lowest BCUT2D eigenvalue weighted by Crippen LogP contribution is -2.39. The van der Waals surface area contributed by atoms with Crippen molar-refractivity contribution in [3.05, 3.63) is 51.6 Å². The number of pyridine rings is 2. The Labute approximate surface area is 215 Å². The van der Waals surface area contributed by atoms with Gasteiger partial charge in [-0.1, -0.05) is 5.16 Å². The van der Waals surface area contributed by atoms with Crippen molar-refractivity contribution in [3.63, 3.8) is 0 Å². The quantitative estimate of drug-likeness (QED) is 0.375. The highest BCUT2D eigenvalue weighted by Gasteiger charge is 2.32. The third kappa shape index (κ3) is 5.05. The molecule has 0 aliphatic heterocycles. The fraction of sp³-hybridized carbons (Fsp3) is 0.481. The van der Waals surface area contributed by atoms with Gasteiger partial charge in [-0.25, -0.2) is 9.97 Å². The van der Waals surface area contributed by atoms with Crippen molar-refractivity contribution in [2.24, 2.45) is 18.1 Å². The van der Waals surface area contributed by atoms with Crippen molar-refractivity contribution in [1.29, 1.82) is 10.5 Å². The average molecular weight is 502 g/mol. The van der Waals surface area contributed by atoms with Crippen molar-refractivity contribution in [2.45, 2.75) is 65.0 Å². The van der Waals surface area contributed by atoms with Gasteiger partial charge < -0.3 is 18.7 Å². The van der Waals surface area contributed by atoms with Gasteiger partial charge in [-0.15, -0.1) is 0 Å². The van der Waals surface area contributed by atoms with Crippen LogP contribution in [-0.4, -0.2) is 38.9 Å². The molecule has 0 saturated heterocycles. The fourth-order valence-corrected chi connectivity index (χ4v) is 4.87. The second-order valence-corrected chi connectivity index (χ2v) is 10.4. The van der Waals surface area contributed by atoms with E-state index in [-0.39, 0.29) is 28.8 Å². The number of oxime groups is 1. The summed E-state index contributed by atoms with van der Waals surface area (Å²) in [5, 5.41) is 23.8. The molecular weight excluding hydrogens is 470 g/mol. The van der Waals surface area contributed by atoms with Crippen LogP contribution < -0.4 is 10.5 Å². The Morgan fingerprint density at radius 1 is 1.22 bits per heavy atom. The lowest BCUT2D eigenvalue weighted by atomic mass is 9.81. The molecule has 0 atom stereocenters. The van der Waals surface area contributed by atoms with E-state index in [1.165, 1.54) is 11.0 Å². The molecule has 1 fully saturated rings. The third-order valence-electron chi connectivity index (χ3n) is 6.83. The summed E-state index contributed by atoms with van der Waals surface area (Å²) < 4.78 is 6.85. The van der Waals surface area contributed by atoms with Gasteiger partial charge >= 0.3 is 0 Å². The number of hydrogen-bond donors (Lipinski definition) is 0. The predicted octanol–water partition coefficient (Wildman–Crippen LogP) is 4.19. The monoisotopic (exact) mass is 501 g/mol. The lowest BCUT2D eigenvalue weighted by Gasteiger charge is -2.36. The maximum absolute atomic E-state index is 13.0. The first-order valence-electron chi connectivity index (χ1n) is 12.3. The maximum Gasteiger partial charge on any atom is 0.270 e. The molecule has 3 aromatic heterocycles. The molecule has 0 spiro atoms. The Morgan fingerprint density at radius 3 is 2.49 bits per heavy atom. The molecule has 3 aromatic rings. The first-order chi connectivity index (χ1) is 17.6. The van der Waals surface area contributed by atoms with Crippen molar-refractivity contribution >= 4 is 22.4 Å². The minimum absolute atomic E-state index is 0.0289. The molecule has 0 amide bonds. The standard InChI is InChI=1S/C27H31N7O3/c1-16-22(30-15-36-16)23(32-37-27(2,3)4)17-7-10-19(11-8-17)33(5)25-20(14-29)26(35)34(6)21-12-9-18(13-28)31-24(21)25/h9,12,15,17,19H,7-8,10-11H2,1-6H3/b32-23-/t17-,19+. The van der Waals surface area contributed by atoms with E-state index >= 15 is 0 Å². The van der Waals surface area contributed by atoms with Crippen molar-refractivity contribution in [3.8, 4) is 12.1 Å². The molecule has 0 aromatic carbocycles. The summed E-state index contributed by atoms with van der Waals surface area (Å²) >= 11 is 0. The second kappa shape index (κ2) is 10.1. The molecule has 1 aliphatic carbocycles. The topological polar surface area (TPSA) is 133 Å². The molecule has 192 valence electrons. The zero-order valence-corrected chi connectivity index (χ0v) is 22.1. The minimum Gasteiger partial charge on any atom is -0.448 e. The van der Waals surface area contributed by atoms with Crippen LogP contribution in [0.5, 0.6) is 0 Å². The molecular formula is C27H31N7O3. The number of nitrogens with zero attached hydrogens (tertiary/aromatic N) is 7. The van der Waals surface area contributed by atoms with Crippen LogP contribution in [0.1, 0.15) is 69.2 Å². The van der Waals surface area contributed by atoms with E-state index in [4.69, 9.17) is 9.25 Å². The fourth-order valence-electron chi connectivity index (χ4n) is 4.87. The van der Waals surface area contributed by atoms with Gasteiger partial charge in [0.05, 0.1) is 11.2 Å². The Bertz CT molecular complexity index is 1490. The number of aromatic nitrogens is 3. The van der Waals surface area contributed by atoms with E-state index < -0.39 is 5.60 Å². The normalized spacial score (nSPS) is 18.3. The number of fused-ring (bicyclic) bond motifs is 1. The molecule has 0 N–H and O–H groups in total. The van der Waals surface area contributed by atoms with E-state index in [1.54, 1.807) is 19.2 Å². The molecule has 10 heteroatoms. The number of hydrogen-bond acceptors (Lipinski definition) is 9. The molecule has 4 rings (SSSR count). The number of nitriles is 2. The van der Waals surface area contributed by atoms with Crippen LogP contribution in [0.15, 0.2) is 32.9 Å². The molecule has 3 heterocycles. The highest BCUT2D eigenvalue weighted by Crippen LogP contribution is 2.35. The highest BCUT2D eigenvalue weighted by atomic mass is 16.6. The molecule has 0 bridgehead atoms. The Kier molecular flexibility index (Phi) is 7.04. The SMILES string of the molecule is Cc1ocnc1/C(=N\OC(C)(C)C)[C@H]1CC[C@@H](N(C)c2c(C#N)c(=O)n(C)c3ccc(C#N)nc23)CC1. The summed E-state index contributed by atoms with van der Waals surface area (Å²) in [7, 11) is 3.50. The van der Waals surface area contributed by atoms with Gasteiger partial charge in [-0.05, 0) is 65.5 Å². The number of rotatable bonds is 5. The van der Waals surface area contributed by atoms with E-state index in [2.05, 4.69) is 27.3 Å².